The molecule has 2 aliphatic rings. The number of nitrogens with two attached hydrogens (primary N) is 1. The number of amidine groups is 1. The fraction of sp³-hybridized carbons (Fsp3) is 0.857. The minimum atomic E-state index is -0.558. The van der Waals surface area contributed by atoms with Crippen LogP contribution in [0.5, 0.6) is 0 Å². The molecule has 0 aromatic carbocycles. The van der Waals surface area contributed by atoms with Crippen LogP contribution in [0.4, 0.5) is 0 Å². The summed E-state index contributed by atoms with van der Waals surface area (Å²) in [5, 5.41) is 15.0. The Labute approximate surface area is 120 Å². The van der Waals surface area contributed by atoms with E-state index in [2.05, 4.69) is 15.4 Å². The molecular formula is C14H26N4O2. The number of nitrogens with one attached hydrogen (secondary N) is 1. The summed E-state index contributed by atoms with van der Waals surface area (Å²) in [6.07, 6.45) is 4.65. The van der Waals surface area contributed by atoms with Crippen LogP contribution in [-0.2, 0) is 4.79 Å². The van der Waals surface area contributed by atoms with E-state index >= 15 is 0 Å². The summed E-state index contributed by atoms with van der Waals surface area (Å²) in [6.45, 7) is 6.02. The van der Waals surface area contributed by atoms with E-state index < -0.39 is 5.92 Å². The molecule has 0 saturated carbocycles. The summed E-state index contributed by atoms with van der Waals surface area (Å²) in [7, 11) is 0. The van der Waals surface area contributed by atoms with Gasteiger partial charge in [0.05, 0.1) is 0 Å². The minimum Gasteiger partial charge on any atom is -0.409 e. The quantitative estimate of drug-likeness (QED) is 0.307. The fourth-order valence-electron chi connectivity index (χ4n) is 3.53. The Hall–Kier alpha value is -1.30. The Kier molecular flexibility index (Phi) is 4.86. The molecule has 0 spiro atoms. The highest BCUT2D eigenvalue weighted by Gasteiger charge is 2.38. The van der Waals surface area contributed by atoms with Gasteiger partial charge in [0.2, 0.25) is 5.91 Å². The van der Waals surface area contributed by atoms with Crippen LogP contribution < -0.4 is 11.1 Å². The van der Waals surface area contributed by atoms with Crippen LogP contribution in [0, 0.1) is 11.8 Å². The van der Waals surface area contributed by atoms with E-state index in [0.717, 1.165) is 25.9 Å². The maximum absolute atomic E-state index is 12.4. The first kappa shape index (κ1) is 15.1. The van der Waals surface area contributed by atoms with E-state index in [4.69, 9.17) is 10.9 Å². The van der Waals surface area contributed by atoms with Gasteiger partial charge >= 0.3 is 0 Å². The van der Waals surface area contributed by atoms with Crippen molar-refractivity contribution in [3.8, 4) is 0 Å². The molecule has 0 aromatic rings. The third-order valence-corrected chi connectivity index (χ3v) is 4.57. The smallest absolute Gasteiger partial charge is 0.231 e. The van der Waals surface area contributed by atoms with E-state index in [0.29, 0.717) is 6.04 Å². The zero-order chi connectivity index (χ0) is 14.7. The Morgan fingerprint density at radius 3 is 2.75 bits per heavy atom. The van der Waals surface area contributed by atoms with E-state index in [1.54, 1.807) is 0 Å². The van der Waals surface area contributed by atoms with Gasteiger partial charge in [-0.25, -0.2) is 0 Å². The molecule has 4 N–H and O–H groups in total. The Bertz CT molecular complexity index is 383. The number of fused-ring (bicyclic) bond motifs is 1. The molecule has 2 heterocycles. The van der Waals surface area contributed by atoms with Gasteiger partial charge in [-0.15, -0.1) is 0 Å². The van der Waals surface area contributed by atoms with E-state index in [-0.39, 0.29) is 23.7 Å². The van der Waals surface area contributed by atoms with Crippen LogP contribution in [0.15, 0.2) is 5.16 Å². The molecule has 114 valence electrons. The molecule has 2 fully saturated rings. The predicted molar refractivity (Wildman–Crippen MR) is 77.5 cm³/mol. The summed E-state index contributed by atoms with van der Waals surface area (Å²) in [5.74, 6) is -0.670. The van der Waals surface area contributed by atoms with Crippen LogP contribution >= 0.6 is 0 Å². The van der Waals surface area contributed by atoms with Crippen molar-refractivity contribution in [1.29, 1.82) is 0 Å². The molecule has 6 heteroatoms. The lowest BCUT2D eigenvalue weighted by Gasteiger charge is -2.33. The average Bonchev–Trinajstić information content (AvgIpc) is 2.82. The third kappa shape index (κ3) is 3.06. The van der Waals surface area contributed by atoms with Gasteiger partial charge in [0.25, 0.3) is 0 Å². The number of amides is 1. The van der Waals surface area contributed by atoms with Crippen molar-refractivity contribution in [2.75, 3.05) is 13.1 Å². The standard InChI is InChI=1S/C14H26N4O2/c1-9(2)12(13(15)17-20)14(19)16-10-6-8-18-7-4-3-5-11(10)18/h9-12,20H,3-8H2,1-2H3,(H2,15,17)(H,16,19). The molecule has 6 nitrogen and oxygen atoms in total. The van der Waals surface area contributed by atoms with E-state index in [9.17, 15) is 4.79 Å². The average molecular weight is 282 g/mol. The van der Waals surface area contributed by atoms with Gasteiger partial charge in [-0.1, -0.05) is 25.4 Å². The van der Waals surface area contributed by atoms with Crippen molar-refractivity contribution in [1.82, 2.24) is 10.2 Å². The topological polar surface area (TPSA) is 91.0 Å². The molecule has 0 radical (unpaired) electrons. The van der Waals surface area contributed by atoms with Gasteiger partial charge in [0.1, 0.15) is 5.92 Å². The largest absolute Gasteiger partial charge is 0.409 e. The number of hydrogen-bond donors (Lipinski definition) is 3. The minimum absolute atomic E-state index is 0.00371. The lowest BCUT2D eigenvalue weighted by atomic mass is 9.92. The van der Waals surface area contributed by atoms with Crippen LogP contribution in [0.1, 0.15) is 39.5 Å². The fourth-order valence-corrected chi connectivity index (χ4v) is 3.53. The van der Waals surface area contributed by atoms with Gasteiger partial charge in [-0.2, -0.15) is 0 Å². The van der Waals surface area contributed by atoms with Crippen molar-refractivity contribution < 1.29 is 10.0 Å². The molecule has 0 aromatic heterocycles. The van der Waals surface area contributed by atoms with E-state index in [1.807, 2.05) is 13.8 Å². The molecule has 0 aliphatic carbocycles. The highest BCUT2D eigenvalue weighted by Crippen LogP contribution is 2.27. The summed E-state index contributed by atoms with van der Waals surface area (Å²) in [5.41, 5.74) is 5.65. The summed E-state index contributed by atoms with van der Waals surface area (Å²) in [6, 6.07) is 0.670. The molecule has 1 amide bonds. The normalized spacial score (nSPS) is 29.2. The second-order valence-corrected chi connectivity index (χ2v) is 6.25. The number of hydrogen-bond acceptors (Lipinski definition) is 4. The lowest BCUT2D eigenvalue weighted by Crippen LogP contribution is -2.51. The number of oxime groups is 1. The number of rotatable bonds is 4. The summed E-state index contributed by atoms with van der Waals surface area (Å²) in [4.78, 5) is 14.9. The number of carbonyl (C=O) groups excluding carboxylic acids is 1. The molecule has 3 atom stereocenters. The number of nitrogens with zero attached hydrogens (tertiary/aromatic N) is 2. The Balaban J connectivity index is 1.99. The predicted octanol–water partition coefficient (Wildman–Crippen LogP) is 0.748. The van der Waals surface area contributed by atoms with Crippen LogP contribution in [0.2, 0.25) is 0 Å². The van der Waals surface area contributed by atoms with Gasteiger partial charge < -0.3 is 16.3 Å². The van der Waals surface area contributed by atoms with Gasteiger partial charge in [0, 0.05) is 18.6 Å². The molecule has 0 bridgehead atoms. The first-order chi connectivity index (χ1) is 9.54. The zero-order valence-electron chi connectivity index (χ0n) is 12.4. The van der Waals surface area contributed by atoms with Crippen molar-refractivity contribution in [2.45, 2.75) is 51.6 Å². The van der Waals surface area contributed by atoms with E-state index in [1.165, 1.54) is 12.8 Å². The second-order valence-electron chi connectivity index (χ2n) is 6.25. The van der Waals surface area contributed by atoms with Gasteiger partial charge in [-0.05, 0) is 31.7 Å². The van der Waals surface area contributed by atoms with Crippen molar-refractivity contribution >= 4 is 11.7 Å². The maximum atomic E-state index is 12.4. The SMILES string of the molecule is CC(C)C(C(=O)NC1CCN2CCCCC12)C(N)=NO. The highest BCUT2D eigenvalue weighted by molar-refractivity contribution is 6.02. The summed E-state index contributed by atoms with van der Waals surface area (Å²) >= 11 is 0. The zero-order valence-corrected chi connectivity index (χ0v) is 12.4. The van der Waals surface area contributed by atoms with Crippen molar-refractivity contribution in [2.24, 2.45) is 22.7 Å². The second kappa shape index (κ2) is 6.43. The third-order valence-electron chi connectivity index (χ3n) is 4.57. The lowest BCUT2D eigenvalue weighted by molar-refractivity contribution is -0.125. The van der Waals surface area contributed by atoms with Crippen LogP contribution in [-0.4, -0.2) is 47.0 Å². The molecule has 2 rings (SSSR count). The Morgan fingerprint density at radius 1 is 1.35 bits per heavy atom. The van der Waals surface area contributed by atoms with Gasteiger partial charge in [-0.3, -0.25) is 9.69 Å². The maximum Gasteiger partial charge on any atom is 0.231 e. The monoisotopic (exact) mass is 282 g/mol. The first-order valence-corrected chi connectivity index (χ1v) is 7.56. The number of piperidine rings is 1. The molecule has 2 saturated heterocycles. The molecule has 2 aliphatic heterocycles. The van der Waals surface area contributed by atoms with Gasteiger partial charge in [0.15, 0.2) is 5.84 Å². The van der Waals surface area contributed by atoms with Crippen molar-refractivity contribution in [3.05, 3.63) is 0 Å². The molecule has 20 heavy (non-hydrogen) atoms. The van der Waals surface area contributed by atoms with Crippen LogP contribution in [0.3, 0.4) is 0 Å². The molecule has 3 unspecified atom stereocenters. The first-order valence-electron chi connectivity index (χ1n) is 7.56. The molecular weight excluding hydrogens is 256 g/mol. The number of carbonyl (C=O) groups is 1. The van der Waals surface area contributed by atoms with Crippen molar-refractivity contribution in [3.63, 3.8) is 0 Å². The highest BCUT2D eigenvalue weighted by atomic mass is 16.4. The van der Waals surface area contributed by atoms with Crippen LogP contribution in [0.25, 0.3) is 0 Å². The Morgan fingerprint density at radius 2 is 2.10 bits per heavy atom. The summed E-state index contributed by atoms with van der Waals surface area (Å²) < 4.78 is 0.